The molecular weight excluding hydrogens is 204 g/mol. The lowest BCUT2D eigenvalue weighted by atomic mass is 9.97. The molecule has 3 fully saturated rings. The lowest BCUT2D eigenvalue weighted by molar-refractivity contribution is 0.0716. The molecule has 2 bridgehead atoms. The number of nitrogens with one attached hydrogen (secondary N) is 1. The summed E-state index contributed by atoms with van der Waals surface area (Å²) in [6.45, 7) is 2.73. The Hall–Kier alpha value is -1.29. The molecule has 4 rings (SSSR count). The Labute approximate surface area is 94.6 Å². The fourth-order valence-electron chi connectivity index (χ4n) is 2.66. The van der Waals surface area contributed by atoms with E-state index in [4.69, 9.17) is 4.42 Å². The first kappa shape index (κ1) is 9.90. The lowest BCUT2D eigenvalue weighted by Crippen LogP contribution is -2.40. The van der Waals surface area contributed by atoms with Crippen molar-refractivity contribution in [2.45, 2.75) is 18.9 Å². The van der Waals surface area contributed by atoms with E-state index < -0.39 is 0 Å². The van der Waals surface area contributed by atoms with Crippen LogP contribution in [0.25, 0.3) is 0 Å². The summed E-state index contributed by atoms with van der Waals surface area (Å²) in [4.78, 5) is 14.1. The molecule has 3 saturated heterocycles. The number of piperidine rings is 1. The van der Waals surface area contributed by atoms with Gasteiger partial charge in [-0.1, -0.05) is 0 Å². The minimum Gasteiger partial charge on any atom is -0.459 e. The van der Waals surface area contributed by atoms with Crippen molar-refractivity contribution in [3.8, 4) is 0 Å². The van der Waals surface area contributed by atoms with Gasteiger partial charge in [0.05, 0.1) is 6.26 Å². The highest BCUT2D eigenvalue weighted by Gasteiger charge is 2.32. The molecule has 0 spiro atoms. The molecule has 4 heterocycles. The predicted molar refractivity (Wildman–Crippen MR) is 59.1 cm³/mol. The number of rotatable bonds is 1. The summed E-state index contributed by atoms with van der Waals surface area (Å²) >= 11 is 0. The second-order valence-corrected chi connectivity index (χ2v) is 4.74. The number of hydrogen-bond donors (Lipinski definition) is 1. The Morgan fingerprint density at radius 2 is 2.38 bits per heavy atom. The molecule has 1 aromatic heterocycles. The van der Waals surface area contributed by atoms with Gasteiger partial charge < -0.3 is 14.6 Å². The van der Waals surface area contributed by atoms with Crippen LogP contribution < -0.4 is 5.32 Å². The minimum absolute atomic E-state index is 0.0330. The third-order valence-corrected chi connectivity index (χ3v) is 3.56. The summed E-state index contributed by atoms with van der Waals surface area (Å²) in [7, 11) is 0. The third kappa shape index (κ3) is 1.73. The number of fused-ring (bicyclic) bond motifs is 4. The summed E-state index contributed by atoms with van der Waals surface area (Å²) < 4.78 is 5.17. The quantitative estimate of drug-likeness (QED) is 0.771. The Bertz CT molecular complexity index is 352. The SMILES string of the molecule is O=C(c1ccco1)N1CC2CCC(C1)NC2. The van der Waals surface area contributed by atoms with Crippen LogP contribution in [0.15, 0.2) is 22.8 Å². The molecule has 4 heteroatoms. The van der Waals surface area contributed by atoms with Gasteiger partial charge in [-0.25, -0.2) is 0 Å². The van der Waals surface area contributed by atoms with Crippen LogP contribution in [-0.4, -0.2) is 36.5 Å². The standard InChI is InChI=1S/C12H16N2O2/c15-12(11-2-1-5-16-11)14-7-9-3-4-10(8-14)13-6-9/h1-2,5,9-10,13H,3-4,6-8H2. The molecule has 16 heavy (non-hydrogen) atoms. The van der Waals surface area contributed by atoms with Crippen LogP contribution in [0.5, 0.6) is 0 Å². The van der Waals surface area contributed by atoms with Crippen molar-refractivity contribution in [2.24, 2.45) is 5.92 Å². The maximum Gasteiger partial charge on any atom is 0.289 e. The van der Waals surface area contributed by atoms with Gasteiger partial charge in [0, 0.05) is 19.1 Å². The lowest BCUT2D eigenvalue weighted by Gasteiger charge is -2.22. The van der Waals surface area contributed by atoms with E-state index in [2.05, 4.69) is 5.32 Å². The second kappa shape index (κ2) is 3.94. The number of hydrogen-bond acceptors (Lipinski definition) is 3. The molecule has 1 N–H and O–H groups in total. The summed E-state index contributed by atoms with van der Waals surface area (Å²) in [5, 5.41) is 3.49. The highest BCUT2D eigenvalue weighted by Crippen LogP contribution is 2.22. The van der Waals surface area contributed by atoms with E-state index in [1.165, 1.54) is 12.8 Å². The van der Waals surface area contributed by atoms with Crippen molar-refractivity contribution < 1.29 is 9.21 Å². The highest BCUT2D eigenvalue weighted by atomic mass is 16.3. The molecule has 0 aromatic carbocycles. The van der Waals surface area contributed by atoms with Crippen molar-refractivity contribution >= 4 is 5.91 Å². The van der Waals surface area contributed by atoms with Crippen molar-refractivity contribution in [3.05, 3.63) is 24.2 Å². The molecule has 0 radical (unpaired) electrons. The Balaban J connectivity index is 1.77. The summed E-state index contributed by atoms with van der Waals surface area (Å²) in [5.74, 6) is 1.10. The van der Waals surface area contributed by atoms with Crippen LogP contribution in [0.3, 0.4) is 0 Å². The van der Waals surface area contributed by atoms with E-state index in [0.29, 0.717) is 17.7 Å². The monoisotopic (exact) mass is 220 g/mol. The van der Waals surface area contributed by atoms with Crippen molar-refractivity contribution in [1.82, 2.24) is 10.2 Å². The zero-order valence-corrected chi connectivity index (χ0v) is 9.19. The first-order chi connectivity index (χ1) is 7.83. The maximum atomic E-state index is 12.1. The molecular formula is C12H16N2O2. The molecule has 4 nitrogen and oxygen atoms in total. The third-order valence-electron chi connectivity index (χ3n) is 3.56. The average Bonchev–Trinajstić information content (AvgIpc) is 2.68. The molecule has 2 unspecified atom stereocenters. The highest BCUT2D eigenvalue weighted by molar-refractivity contribution is 5.91. The van der Waals surface area contributed by atoms with Crippen LogP contribution >= 0.6 is 0 Å². The largest absolute Gasteiger partial charge is 0.459 e. The van der Waals surface area contributed by atoms with Crippen molar-refractivity contribution in [3.63, 3.8) is 0 Å². The van der Waals surface area contributed by atoms with Gasteiger partial charge in [0.25, 0.3) is 5.91 Å². The zero-order valence-electron chi connectivity index (χ0n) is 9.19. The number of nitrogens with zero attached hydrogens (tertiary/aromatic N) is 1. The van der Waals surface area contributed by atoms with Crippen LogP contribution in [0.2, 0.25) is 0 Å². The normalized spacial score (nSPS) is 29.1. The molecule has 1 aromatic rings. The number of carbonyl (C=O) groups excluding carboxylic acids is 1. The fraction of sp³-hybridized carbons (Fsp3) is 0.583. The smallest absolute Gasteiger partial charge is 0.289 e. The van der Waals surface area contributed by atoms with Crippen LogP contribution in [0, 0.1) is 5.92 Å². The number of carbonyl (C=O) groups is 1. The number of amides is 1. The van der Waals surface area contributed by atoms with Crippen LogP contribution in [0.4, 0.5) is 0 Å². The van der Waals surface area contributed by atoms with Gasteiger partial charge >= 0.3 is 0 Å². The maximum absolute atomic E-state index is 12.1. The van der Waals surface area contributed by atoms with Crippen LogP contribution in [0.1, 0.15) is 23.4 Å². The molecule has 3 aliphatic heterocycles. The topological polar surface area (TPSA) is 45.5 Å². The summed E-state index contributed by atoms with van der Waals surface area (Å²) in [6, 6.07) is 3.97. The van der Waals surface area contributed by atoms with Crippen molar-refractivity contribution in [1.29, 1.82) is 0 Å². The van der Waals surface area contributed by atoms with Gasteiger partial charge in [-0.2, -0.15) is 0 Å². The molecule has 1 amide bonds. The van der Waals surface area contributed by atoms with Crippen molar-refractivity contribution in [2.75, 3.05) is 19.6 Å². The fourth-order valence-corrected chi connectivity index (χ4v) is 2.66. The van der Waals surface area contributed by atoms with Gasteiger partial charge in [-0.3, -0.25) is 4.79 Å². The van der Waals surface area contributed by atoms with E-state index in [1.54, 1.807) is 18.4 Å². The van der Waals surface area contributed by atoms with E-state index in [0.717, 1.165) is 19.6 Å². The van der Waals surface area contributed by atoms with E-state index >= 15 is 0 Å². The number of furan rings is 1. The Morgan fingerprint density at radius 1 is 1.44 bits per heavy atom. The molecule has 3 aliphatic rings. The molecule has 2 atom stereocenters. The van der Waals surface area contributed by atoms with Gasteiger partial charge in [0.2, 0.25) is 0 Å². The van der Waals surface area contributed by atoms with Crippen LogP contribution in [-0.2, 0) is 0 Å². The zero-order chi connectivity index (χ0) is 11.0. The van der Waals surface area contributed by atoms with Gasteiger partial charge in [-0.15, -0.1) is 0 Å². The van der Waals surface area contributed by atoms with E-state index in [1.807, 2.05) is 4.90 Å². The predicted octanol–water partition coefficient (Wildman–Crippen LogP) is 1.10. The first-order valence-electron chi connectivity index (χ1n) is 5.89. The second-order valence-electron chi connectivity index (χ2n) is 4.74. The minimum atomic E-state index is 0.0330. The van der Waals surface area contributed by atoms with E-state index in [9.17, 15) is 4.79 Å². The van der Waals surface area contributed by atoms with Gasteiger partial charge in [0.15, 0.2) is 5.76 Å². The summed E-state index contributed by atoms with van der Waals surface area (Å²) in [6.07, 6.45) is 3.98. The van der Waals surface area contributed by atoms with E-state index in [-0.39, 0.29) is 5.91 Å². The van der Waals surface area contributed by atoms with Gasteiger partial charge in [-0.05, 0) is 37.4 Å². The Morgan fingerprint density at radius 3 is 3.06 bits per heavy atom. The molecule has 0 saturated carbocycles. The van der Waals surface area contributed by atoms with Gasteiger partial charge in [0.1, 0.15) is 0 Å². The molecule has 0 aliphatic carbocycles. The average molecular weight is 220 g/mol. The first-order valence-corrected chi connectivity index (χ1v) is 5.89. The summed E-state index contributed by atoms with van der Waals surface area (Å²) in [5.41, 5.74) is 0. The Kier molecular flexibility index (Phi) is 2.44. The molecule has 86 valence electrons.